The molecule has 0 fully saturated rings. The van der Waals surface area contributed by atoms with Crippen molar-refractivity contribution in [1.82, 2.24) is 5.32 Å². The Bertz CT molecular complexity index is 456. The van der Waals surface area contributed by atoms with E-state index in [1.807, 2.05) is 32.2 Å². The fourth-order valence-electron chi connectivity index (χ4n) is 1.95. The minimum Gasteiger partial charge on any atom is -0.387 e. The molecule has 2 N–H and O–H groups in total. The lowest BCUT2D eigenvalue weighted by Crippen LogP contribution is -2.35. The lowest BCUT2D eigenvalue weighted by molar-refractivity contribution is 0.0921. The number of nitrogens with one attached hydrogen (secondary N) is 2. The Balaban J connectivity index is 2.69. The molecule has 0 spiro atoms. The molecule has 0 aliphatic rings. The van der Waals surface area contributed by atoms with E-state index in [0.717, 1.165) is 17.7 Å². The number of benzene rings is 1. The van der Waals surface area contributed by atoms with Gasteiger partial charge in [0.1, 0.15) is 0 Å². The minimum atomic E-state index is -0.0384. The smallest absolute Gasteiger partial charge is 0.253 e. The van der Waals surface area contributed by atoms with Crippen LogP contribution in [0.25, 0.3) is 0 Å². The van der Waals surface area contributed by atoms with E-state index in [-0.39, 0.29) is 11.3 Å². The molecule has 0 atom stereocenters. The third kappa shape index (κ3) is 4.85. The molecule has 4 heteroatoms. The second-order valence-electron chi connectivity index (χ2n) is 5.89. The summed E-state index contributed by atoms with van der Waals surface area (Å²) in [5.74, 6) is -0.0384. The molecule has 0 aliphatic heterocycles. The number of methoxy groups -OCH3 is 1. The van der Waals surface area contributed by atoms with Crippen molar-refractivity contribution >= 4 is 11.6 Å². The Morgan fingerprint density at radius 3 is 2.65 bits per heavy atom. The van der Waals surface area contributed by atoms with Gasteiger partial charge in [-0.25, -0.2) is 0 Å². The number of rotatable bonds is 7. The summed E-state index contributed by atoms with van der Waals surface area (Å²) in [6.45, 7) is 7.57. The van der Waals surface area contributed by atoms with E-state index in [4.69, 9.17) is 4.74 Å². The van der Waals surface area contributed by atoms with Crippen LogP contribution in [0.5, 0.6) is 0 Å². The molecule has 1 amide bonds. The first kappa shape index (κ1) is 16.5. The van der Waals surface area contributed by atoms with Crippen molar-refractivity contribution in [2.75, 3.05) is 32.6 Å². The molecular formula is C16H26N2O2. The molecule has 112 valence electrons. The van der Waals surface area contributed by atoms with Gasteiger partial charge in [-0.2, -0.15) is 0 Å². The predicted molar refractivity (Wildman–Crippen MR) is 83.3 cm³/mol. The quantitative estimate of drug-likeness (QED) is 0.806. The Kier molecular flexibility index (Phi) is 6.02. The second kappa shape index (κ2) is 7.29. The highest BCUT2D eigenvalue weighted by atomic mass is 16.5. The van der Waals surface area contributed by atoms with Gasteiger partial charge in [0.15, 0.2) is 0 Å². The van der Waals surface area contributed by atoms with Crippen molar-refractivity contribution in [1.29, 1.82) is 0 Å². The topological polar surface area (TPSA) is 50.4 Å². The number of hydrogen-bond donors (Lipinski definition) is 2. The second-order valence-corrected chi connectivity index (χ2v) is 5.89. The Morgan fingerprint density at radius 1 is 1.35 bits per heavy atom. The van der Waals surface area contributed by atoms with Crippen LogP contribution in [0.4, 0.5) is 5.69 Å². The maximum atomic E-state index is 12.3. The van der Waals surface area contributed by atoms with Gasteiger partial charge in [-0.1, -0.05) is 25.5 Å². The van der Waals surface area contributed by atoms with Gasteiger partial charge in [0.25, 0.3) is 5.91 Å². The summed E-state index contributed by atoms with van der Waals surface area (Å²) in [7, 11) is 3.52. The molecule has 0 bridgehead atoms. The number of ether oxygens (including phenoxy) is 1. The fourth-order valence-corrected chi connectivity index (χ4v) is 1.95. The largest absolute Gasteiger partial charge is 0.387 e. The number of carbonyl (C=O) groups is 1. The van der Waals surface area contributed by atoms with Crippen LogP contribution in [0.1, 0.15) is 36.2 Å². The zero-order chi connectivity index (χ0) is 15.2. The van der Waals surface area contributed by atoms with Gasteiger partial charge in [0.2, 0.25) is 0 Å². The molecule has 20 heavy (non-hydrogen) atoms. The number of anilines is 1. The van der Waals surface area contributed by atoms with Crippen LogP contribution in [0.15, 0.2) is 18.2 Å². The Labute approximate surface area is 121 Å². The van der Waals surface area contributed by atoms with Crippen LogP contribution in [0.3, 0.4) is 0 Å². The van der Waals surface area contributed by atoms with Gasteiger partial charge >= 0.3 is 0 Å². The summed E-state index contributed by atoms with van der Waals surface area (Å²) < 4.78 is 5.10. The molecule has 1 rings (SSSR count). The van der Waals surface area contributed by atoms with E-state index in [1.54, 1.807) is 7.11 Å². The number of carbonyl (C=O) groups excluding carboxylic acids is 1. The van der Waals surface area contributed by atoms with E-state index in [0.29, 0.717) is 18.7 Å². The Morgan fingerprint density at radius 2 is 2.05 bits per heavy atom. The summed E-state index contributed by atoms with van der Waals surface area (Å²) in [5, 5.41) is 6.07. The van der Waals surface area contributed by atoms with Crippen molar-refractivity contribution in [2.24, 2.45) is 5.41 Å². The molecule has 0 aromatic heterocycles. The molecule has 0 heterocycles. The third-order valence-corrected chi connectivity index (χ3v) is 3.40. The SMILES string of the molecule is CNc1ccc(C)cc1C(=O)NCC(C)(C)CCOC. The van der Waals surface area contributed by atoms with E-state index in [2.05, 4.69) is 24.5 Å². The first-order valence-corrected chi connectivity index (χ1v) is 6.95. The number of amides is 1. The fraction of sp³-hybridized carbons (Fsp3) is 0.562. The van der Waals surface area contributed by atoms with E-state index >= 15 is 0 Å². The summed E-state index contributed by atoms with van der Waals surface area (Å²) >= 11 is 0. The minimum absolute atomic E-state index is 0.0231. The van der Waals surface area contributed by atoms with Crippen LogP contribution in [0.2, 0.25) is 0 Å². The zero-order valence-corrected chi connectivity index (χ0v) is 13.2. The summed E-state index contributed by atoms with van der Waals surface area (Å²) in [6, 6.07) is 5.83. The lowest BCUT2D eigenvalue weighted by Gasteiger charge is -2.24. The molecule has 0 saturated heterocycles. The number of hydrogen-bond acceptors (Lipinski definition) is 3. The zero-order valence-electron chi connectivity index (χ0n) is 13.2. The average molecular weight is 278 g/mol. The van der Waals surface area contributed by atoms with Gasteiger partial charge < -0.3 is 15.4 Å². The lowest BCUT2D eigenvalue weighted by atomic mass is 9.89. The summed E-state index contributed by atoms with van der Waals surface area (Å²) in [5.41, 5.74) is 2.64. The molecule has 1 aromatic carbocycles. The molecule has 0 aliphatic carbocycles. The normalized spacial score (nSPS) is 11.2. The highest BCUT2D eigenvalue weighted by molar-refractivity contribution is 5.99. The first-order valence-electron chi connectivity index (χ1n) is 6.95. The van der Waals surface area contributed by atoms with E-state index in [1.165, 1.54) is 0 Å². The van der Waals surface area contributed by atoms with Gasteiger partial charge in [-0.15, -0.1) is 0 Å². The maximum Gasteiger partial charge on any atom is 0.253 e. The molecule has 0 unspecified atom stereocenters. The van der Waals surface area contributed by atoms with E-state index < -0.39 is 0 Å². The van der Waals surface area contributed by atoms with Crippen LogP contribution in [0, 0.1) is 12.3 Å². The van der Waals surface area contributed by atoms with Gasteiger partial charge in [0.05, 0.1) is 5.56 Å². The average Bonchev–Trinajstić information content (AvgIpc) is 2.42. The van der Waals surface area contributed by atoms with Crippen LogP contribution >= 0.6 is 0 Å². The van der Waals surface area contributed by atoms with Gasteiger partial charge in [0, 0.05) is 33.0 Å². The van der Waals surface area contributed by atoms with Crippen molar-refractivity contribution in [3.63, 3.8) is 0 Å². The van der Waals surface area contributed by atoms with Crippen LogP contribution < -0.4 is 10.6 Å². The molecule has 0 saturated carbocycles. The summed E-state index contributed by atoms with van der Waals surface area (Å²) in [4.78, 5) is 12.3. The van der Waals surface area contributed by atoms with Gasteiger partial charge in [-0.05, 0) is 30.9 Å². The maximum absolute atomic E-state index is 12.3. The van der Waals surface area contributed by atoms with Crippen LogP contribution in [-0.2, 0) is 4.74 Å². The highest BCUT2D eigenvalue weighted by Gasteiger charge is 2.20. The van der Waals surface area contributed by atoms with E-state index in [9.17, 15) is 4.79 Å². The first-order chi connectivity index (χ1) is 9.39. The predicted octanol–water partition coefficient (Wildman–Crippen LogP) is 2.83. The van der Waals surface area contributed by atoms with Crippen molar-refractivity contribution < 1.29 is 9.53 Å². The van der Waals surface area contributed by atoms with Crippen LogP contribution in [-0.4, -0.2) is 33.2 Å². The highest BCUT2D eigenvalue weighted by Crippen LogP contribution is 2.20. The van der Waals surface area contributed by atoms with Crippen molar-refractivity contribution in [3.05, 3.63) is 29.3 Å². The molecule has 1 aromatic rings. The standard InChI is InChI=1S/C16H26N2O2/c1-12-6-7-14(17-4)13(10-12)15(19)18-11-16(2,3)8-9-20-5/h6-7,10,17H,8-9,11H2,1-5H3,(H,18,19). The Hall–Kier alpha value is -1.55. The molecule has 4 nitrogen and oxygen atoms in total. The third-order valence-electron chi connectivity index (χ3n) is 3.40. The number of aryl methyl sites for hydroxylation is 1. The molecular weight excluding hydrogens is 252 g/mol. The monoisotopic (exact) mass is 278 g/mol. The summed E-state index contributed by atoms with van der Waals surface area (Å²) in [6.07, 6.45) is 0.913. The van der Waals surface area contributed by atoms with Crippen molar-refractivity contribution in [2.45, 2.75) is 27.2 Å². The van der Waals surface area contributed by atoms with Gasteiger partial charge in [-0.3, -0.25) is 4.79 Å². The van der Waals surface area contributed by atoms with Crippen molar-refractivity contribution in [3.8, 4) is 0 Å². The molecule has 0 radical (unpaired) electrons.